The van der Waals surface area contributed by atoms with Gasteiger partial charge in [0.2, 0.25) is 5.91 Å². The molecule has 3 rings (SSSR count). The predicted molar refractivity (Wildman–Crippen MR) is 74.1 cm³/mol. The molecular weight excluding hydrogens is 262 g/mol. The lowest BCUT2D eigenvalue weighted by Gasteiger charge is -2.15. The molecule has 1 aromatic heterocycles. The lowest BCUT2D eigenvalue weighted by molar-refractivity contribution is -0.115. The van der Waals surface area contributed by atoms with Gasteiger partial charge in [-0.25, -0.2) is 0 Å². The van der Waals surface area contributed by atoms with E-state index in [4.69, 9.17) is 17.3 Å². The topological polar surface area (TPSA) is 68.0 Å². The number of carbonyl (C=O) groups excluding carboxylic acids is 1. The molecule has 3 N–H and O–H groups in total. The minimum absolute atomic E-state index is 0.0156. The van der Waals surface area contributed by atoms with Gasteiger partial charge in [0.05, 0.1) is 12.5 Å². The molecule has 1 aromatic carbocycles. The molecule has 1 atom stereocenters. The third-order valence-electron chi connectivity index (χ3n) is 3.23. The number of amides is 1. The smallest absolute Gasteiger partial charge is 0.228 e. The van der Waals surface area contributed by atoms with Crippen LogP contribution in [0.25, 0.3) is 0 Å². The first-order valence-electron chi connectivity index (χ1n) is 5.93. The maximum absolute atomic E-state index is 11.4. The lowest BCUT2D eigenvalue weighted by Crippen LogP contribution is -2.13. The standard InChI is InChI=1S/C14H12ClN3O/c15-11-6-12-9(5-13(19)18-12)4-10(11)14(16)8-2-1-3-17-7-8/h1-4,6-7,14H,5,16H2,(H,18,19). The van der Waals surface area contributed by atoms with Crippen molar-refractivity contribution in [3.05, 3.63) is 58.4 Å². The predicted octanol–water partition coefficient (Wildman–Crippen LogP) is 2.28. The number of rotatable bonds is 2. The fraction of sp³-hybridized carbons (Fsp3) is 0.143. The van der Waals surface area contributed by atoms with Crippen LogP contribution in [-0.4, -0.2) is 10.9 Å². The van der Waals surface area contributed by atoms with Crippen LogP contribution >= 0.6 is 11.6 Å². The molecule has 0 bridgehead atoms. The molecule has 4 nitrogen and oxygen atoms in total. The van der Waals surface area contributed by atoms with Crippen LogP contribution < -0.4 is 11.1 Å². The highest BCUT2D eigenvalue weighted by Gasteiger charge is 2.22. The summed E-state index contributed by atoms with van der Waals surface area (Å²) in [5.74, 6) is -0.0156. The van der Waals surface area contributed by atoms with Crippen molar-refractivity contribution in [2.24, 2.45) is 5.73 Å². The lowest BCUT2D eigenvalue weighted by atomic mass is 9.98. The van der Waals surface area contributed by atoms with Crippen molar-refractivity contribution in [1.29, 1.82) is 0 Å². The number of carbonyl (C=O) groups is 1. The average Bonchev–Trinajstić information content (AvgIpc) is 2.77. The first-order valence-corrected chi connectivity index (χ1v) is 6.30. The number of fused-ring (bicyclic) bond motifs is 1. The Morgan fingerprint density at radius 3 is 3.00 bits per heavy atom. The number of hydrogen-bond acceptors (Lipinski definition) is 3. The highest BCUT2D eigenvalue weighted by atomic mass is 35.5. The van der Waals surface area contributed by atoms with E-state index < -0.39 is 0 Å². The zero-order valence-corrected chi connectivity index (χ0v) is 10.8. The summed E-state index contributed by atoms with van der Waals surface area (Å²) in [5, 5.41) is 3.32. The molecule has 96 valence electrons. The second-order valence-electron chi connectivity index (χ2n) is 4.52. The minimum Gasteiger partial charge on any atom is -0.325 e. The van der Waals surface area contributed by atoms with Gasteiger partial charge in [-0.15, -0.1) is 0 Å². The van der Waals surface area contributed by atoms with Gasteiger partial charge in [0.1, 0.15) is 0 Å². The molecule has 1 aliphatic heterocycles. The number of aromatic nitrogens is 1. The van der Waals surface area contributed by atoms with Gasteiger partial charge in [0.25, 0.3) is 0 Å². The molecule has 0 fully saturated rings. The van der Waals surface area contributed by atoms with Crippen LogP contribution in [0.1, 0.15) is 22.7 Å². The summed E-state index contributed by atoms with van der Waals surface area (Å²) in [7, 11) is 0. The number of pyridine rings is 1. The van der Waals surface area contributed by atoms with Crippen molar-refractivity contribution in [1.82, 2.24) is 4.98 Å². The number of nitrogens with one attached hydrogen (secondary N) is 1. The maximum atomic E-state index is 11.4. The summed E-state index contributed by atoms with van der Waals surface area (Å²) in [6.45, 7) is 0. The van der Waals surface area contributed by atoms with Crippen LogP contribution in [0.5, 0.6) is 0 Å². The van der Waals surface area contributed by atoms with Gasteiger partial charge < -0.3 is 11.1 Å². The number of anilines is 1. The number of nitrogens with zero attached hydrogens (tertiary/aromatic N) is 1. The number of halogens is 1. The Labute approximate surface area is 115 Å². The Kier molecular flexibility index (Phi) is 2.97. The number of nitrogens with two attached hydrogens (primary N) is 1. The number of benzene rings is 1. The van der Waals surface area contributed by atoms with Crippen LogP contribution in [0.4, 0.5) is 5.69 Å². The van der Waals surface area contributed by atoms with E-state index in [0.717, 1.165) is 22.4 Å². The van der Waals surface area contributed by atoms with Gasteiger partial charge in [0, 0.05) is 23.1 Å². The zero-order chi connectivity index (χ0) is 13.4. The summed E-state index contributed by atoms with van der Waals surface area (Å²) in [6.07, 6.45) is 3.79. The van der Waals surface area contributed by atoms with Gasteiger partial charge in [-0.2, -0.15) is 0 Å². The van der Waals surface area contributed by atoms with Crippen molar-refractivity contribution in [3.63, 3.8) is 0 Å². The molecule has 1 amide bonds. The number of hydrogen-bond donors (Lipinski definition) is 2. The van der Waals surface area contributed by atoms with E-state index >= 15 is 0 Å². The molecule has 19 heavy (non-hydrogen) atoms. The van der Waals surface area contributed by atoms with Gasteiger partial charge in [-0.1, -0.05) is 17.7 Å². The van der Waals surface area contributed by atoms with E-state index in [1.165, 1.54) is 0 Å². The van der Waals surface area contributed by atoms with Crippen LogP contribution in [0.2, 0.25) is 5.02 Å². The van der Waals surface area contributed by atoms with E-state index in [0.29, 0.717) is 11.4 Å². The first-order chi connectivity index (χ1) is 9.15. The quantitative estimate of drug-likeness (QED) is 0.882. The largest absolute Gasteiger partial charge is 0.325 e. The second-order valence-corrected chi connectivity index (χ2v) is 4.93. The summed E-state index contributed by atoms with van der Waals surface area (Å²) in [6, 6.07) is 7.05. The van der Waals surface area contributed by atoms with Crippen molar-refractivity contribution >= 4 is 23.2 Å². The summed E-state index contributed by atoms with van der Waals surface area (Å²) in [4.78, 5) is 15.4. The monoisotopic (exact) mass is 273 g/mol. The average molecular weight is 274 g/mol. The Morgan fingerprint density at radius 1 is 1.42 bits per heavy atom. The molecule has 0 saturated heterocycles. The fourth-order valence-electron chi connectivity index (χ4n) is 2.24. The van der Waals surface area contributed by atoms with Crippen molar-refractivity contribution in [2.45, 2.75) is 12.5 Å². The van der Waals surface area contributed by atoms with Gasteiger partial charge in [-0.05, 0) is 34.9 Å². The van der Waals surface area contributed by atoms with E-state index in [2.05, 4.69) is 10.3 Å². The summed E-state index contributed by atoms with van der Waals surface area (Å²) < 4.78 is 0. The summed E-state index contributed by atoms with van der Waals surface area (Å²) >= 11 is 6.25. The highest BCUT2D eigenvalue weighted by molar-refractivity contribution is 6.32. The van der Waals surface area contributed by atoms with E-state index in [-0.39, 0.29) is 11.9 Å². The highest BCUT2D eigenvalue weighted by Crippen LogP contribution is 2.34. The van der Waals surface area contributed by atoms with Crippen molar-refractivity contribution in [3.8, 4) is 0 Å². The maximum Gasteiger partial charge on any atom is 0.228 e. The molecule has 1 aliphatic rings. The molecule has 0 radical (unpaired) electrons. The molecule has 5 heteroatoms. The summed E-state index contributed by atoms with van der Waals surface area (Å²) in [5.41, 5.74) is 9.63. The molecule has 1 unspecified atom stereocenters. The Hall–Kier alpha value is -1.91. The zero-order valence-electron chi connectivity index (χ0n) is 10.1. The molecular formula is C14H12ClN3O. The molecule has 2 aromatic rings. The SMILES string of the molecule is NC(c1cccnc1)c1cc2c(cc1Cl)NC(=O)C2. The van der Waals surface area contributed by atoms with Crippen LogP contribution in [0, 0.1) is 0 Å². The van der Waals surface area contributed by atoms with Crippen molar-refractivity contribution < 1.29 is 4.79 Å². The Bertz CT molecular complexity index is 643. The minimum atomic E-state index is -0.345. The molecule has 0 spiro atoms. The first kappa shape index (κ1) is 12.1. The van der Waals surface area contributed by atoms with Gasteiger partial charge in [-0.3, -0.25) is 9.78 Å². The van der Waals surface area contributed by atoms with Crippen molar-refractivity contribution in [2.75, 3.05) is 5.32 Å². The molecule has 0 aliphatic carbocycles. The Morgan fingerprint density at radius 2 is 2.26 bits per heavy atom. The van der Waals surface area contributed by atoms with Gasteiger partial charge >= 0.3 is 0 Å². The molecule has 2 heterocycles. The molecule has 0 saturated carbocycles. The van der Waals surface area contributed by atoms with Gasteiger partial charge in [0.15, 0.2) is 0 Å². The Balaban J connectivity index is 2.02. The van der Waals surface area contributed by atoms with E-state index in [1.807, 2.05) is 18.2 Å². The van der Waals surface area contributed by atoms with E-state index in [1.54, 1.807) is 18.5 Å². The third kappa shape index (κ3) is 2.20. The normalized spacial score (nSPS) is 14.9. The van der Waals surface area contributed by atoms with Crippen LogP contribution in [0.15, 0.2) is 36.7 Å². The second kappa shape index (κ2) is 4.64. The fourth-order valence-corrected chi connectivity index (χ4v) is 2.53. The van der Waals surface area contributed by atoms with Crippen LogP contribution in [-0.2, 0) is 11.2 Å². The van der Waals surface area contributed by atoms with Crippen LogP contribution in [0.3, 0.4) is 0 Å². The van der Waals surface area contributed by atoms with E-state index in [9.17, 15) is 4.79 Å². The third-order valence-corrected chi connectivity index (χ3v) is 3.55.